The van der Waals surface area contributed by atoms with Gasteiger partial charge in [0.2, 0.25) is 0 Å². The Hall–Kier alpha value is -1.28. The number of benzene rings is 2. The molecule has 1 nitrogen and oxygen atoms in total. The predicted molar refractivity (Wildman–Crippen MR) is 84.7 cm³/mol. The third kappa shape index (κ3) is 3.01. The van der Waals surface area contributed by atoms with E-state index in [1.807, 2.05) is 0 Å². The lowest BCUT2D eigenvalue weighted by Crippen LogP contribution is -2.33. The second-order valence-electron chi connectivity index (χ2n) is 5.43. The van der Waals surface area contributed by atoms with Crippen molar-refractivity contribution in [2.24, 2.45) is 0 Å². The molecule has 0 bridgehead atoms. The SMILES string of the molecule is Cc1cccc(C2CC(Nc3ccc(Br)cc3)C2)c1. The zero-order chi connectivity index (χ0) is 13.2. The lowest BCUT2D eigenvalue weighted by atomic mass is 9.75. The summed E-state index contributed by atoms with van der Waals surface area (Å²) in [7, 11) is 0. The number of aryl methyl sites for hydroxylation is 1. The van der Waals surface area contributed by atoms with Gasteiger partial charge in [-0.25, -0.2) is 0 Å². The molecule has 0 spiro atoms. The lowest BCUT2D eigenvalue weighted by molar-refractivity contribution is 0.374. The first kappa shape index (κ1) is 12.7. The van der Waals surface area contributed by atoms with E-state index >= 15 is 0 Å². The first-order valence-corrected chi connectivity index (χ1v) is 7.59. The molecule has 1 aliphatic rings. The van der Waals surface area contributed by atoms with Crippen molar-refractivity contribution >= 4 is 21.6 Å². The molecule has 0 radical (unpaired) electrons. The number of halogens is 1. The number of nitrogens with one attached hydrogen (secondary N) is 1. The first-order valence-electron chi connectivity index (χ1n) is 6.79. The predicted octanol–water partition coefficient (Wildman–Crippen LogP) is 5.12. The largest absolute Gasteiger partial charge is 0.382 e. The van der Waals surface area contributed by atoms with E-state index in [0.717, 1.165) is 10.4 Å². The van der Waals surface area contributed by atoms with Crippen molar-refractivity contribution in [3.8, 4) is 0 Å². The van der Waals surface area contributed by atoms with Gasteiger partial charge in [-0.2, -0.15) is 0 Å². The highest BCUT2D eigenvalue weighted by molar-refractivity contribution is 9.10. The summed E-state index contributed by atoms with van der Waals surface area (Å²) < 4.78 is 1.13. The van der Waals surface area contributed by atoms with Gasteiger partial charge in [-0.3, -0.25) is 0 Å². The van der Waals surface area contributed by atoms with Crippen LogP contribution in [0.1, 0.15) is 29.9 Å². The summed E-state index contributed by atoms with van der Waals surface area (Å²) in [5, 5.41) is 3.60. The second-order valence-corrected chi connectivity index (χ2v) is 6.35. The molecule has 19 heavy (non-hydrogen) atoms. The first-order chi connectivity index (χ1) is 9.20. The molecule has 0 amide bonds. The van der Waals surface area contributed by atoms with Crippen LogP contribution >= 0.6 is 15.9 Å². The fraction of sp³-hybridized carbons (Fsp3) is 0.294. The Morgan fingerprint density at radius 3 is 2.47 bits per heavy atom. The standard InChI is InChI=1S/C17H18BrN/c1-12-3-2-4-13(9-12)14-10-17(11-14)19-16-7-5-15(18)6-8-16/h2-9,14,17,19H,10-11H2,1H3. The van der Waals surface area contributed by atoms with E-state index < -0.39 is 0 Å². The van der Waals surface area contributed by atoms with Gasteiger partial charge in [0.15, 0.2) is 0 Å². The lowest BCUT2D eigenvalue weighted by Gasteiger charge is -2.37. The monoisotopic (exact) mass is 315 g/mol. The third-order valence-corrected chi connectivity index (χ3v) is 4.40. The maximum absolute atomic E-state index is 3.60. The fourth-order valence-corrected chi connectivity index (χ4v) is 2.98. The third-order valence-electron chi connectivity index (χ3n) is 3.87. The molecular formula is C17H18BrN. The number of hydrogen-bond acceptors (Lipinski definition) is 1. The minimum atomic E-state index is 0.617. The van der Waals surface area contributed by atoms with Gasteiger partial charge < -0.3 is 5.32 Å². The molecular weight excluding hydrogens is 298 g/mol. The van der Waals surface area contributed by atoms with Crippen LogP contribution < -0.4 is 5.32 Å². The van der Waals surface area contributed by atoms with Crippen LogP contribution in [0.2, 0.25) is 0 Å². The van der Waals surface area contributed by atoms with Gasteiger partial charge in [0.05, 0.1) is 0 Å². The molecule has 0 aromatic heterocycles. The summed E-state index contributed by atoms with van der Waals surface area (Å²) in [5.74, 6) is 0.729. The molecule has 0 aliphatic heterocycles. The minimum absolute atomic E-state index is 0.617. The van der Waals surface area contributed by atoms with Crippen molar-refractivity contribution in [1.29, 1.82) is 0 Å². The Morgan fingerprint density at radius 1 is 1.05 bits per heavy atom. The van der Waals surface area contributed by atoms with Crippen LogP contribution in [0.4, 0.5) is 5.69 Å². The molecule has 1 N–H and O–H groups in total. The summed E-state index contributed by atoms with van der Waals surface area (Å²) >= 11 is 3.46. The Kier molecular flexibility index (Phi) is 3.61. The van der Waals surface area contributed by atoms with Crippen LogP contribution in [0, 0.1) is 6.92 Å². The summed E-state index contributed by atoms with van der Waals surface area (Å²) in [6, 6.07) is 18.0. The van der Waals surface area contributed by atoms with Crippen molar-refractivity contribution in [3.05, 3.63) is 64.1 Å². The summed E-state index contributed by atoms with van der Waals surface area (Å²) in [6.07, 6.45) is 2.47. The van der Waals surface area contributed by atoms with Crippen LogP contribution in [0.3, 0.4) is 0 Å². The molecule has 0 heterocycles. The Labute approximate surface area is 123 Å². The Bertz CT molecular complexity index is 556. The fourth-order valence-electron chi connectivity index (χ4n) is 2.71. The van der Waals surface area contributed by atoms with E-state index in [2.05, 4.69) is 76.7 Å². The van der Waals surface area contributed by atoms with Gasteiger partial charge in [0, 0.05) is 16.2 Å². The Morgan fingerprint density at radius 2 is 1.79 bits per heavy atom. The molecule has 2 aromatic carbocycles. The molecule has 1 aliphatic carbocycles. The van der Waals surface area contributed by atoms with Crippen LogP contribution in [0.15, 0.2) is 53.0 Å². The van der Waals surface area contributed by atoms with Crippen LogP contribution in [0.5, 0.6) is 0 Å². The molecule has 1 fully saturated rings. The minimum Gasteiger partial charge on any atom is -0.382 e. The maximum Gasteiger partial charge on any atom is 0.0343 e. The molecule has 1 saturated carbocycles. The quantitative estimate of drug-likeness (QED) is 0.829. The highest BCUT2D eigenvalue weighted by Gasteiger charge is 2.30. The van der Waals surface area contributed by atoms with E-state index in [0.29, 0.717) is 6.04 Å². The van der Waals surface area contributed by atoms with Gasteiger partial charge in [-0.05, 0) is 55.5 Å². The van der Waals surface area contributed by atoms with Crippen LogP contribution in [0.25, 0.3) is 0 Å². The average molecular weight is 316 g/mol. The molecule has 2 heteroatoms. The van der Waals surface area contributed by atoms with Gasteiger partial charge >= 0.3 is 0 Å². The highest BCUT2D eigenvalue weighted by atomic mass is 79.9. The van der Waals surface area contributed by atoms with Gasteiger partial charge in [0.25, 0.3) is 0 Å². The smallest absolute Gasteiger partial charge is 0.0343 e. The summed E-state index contributed by atoms with van der Waals surface area (Å²) in [6.45, 7) is 2.17. The number of hydrogen-bond donors (Lipinski definition) is 1. The van der Waals surface area contributed by atoms with E-state index in [9.17, 15) is 0 Å². The van der Waals surface area contributed by atoms with Crippen molar-refractivity contribution in [1.82, 2.24) is 0 Å². The van der Waals surface area contributed by atoms with E-state index in [4.69, 9.17) is 0 Å². The van der Waals surface area contributed by atoms with Crippen molar-refractivity contribution in [2.45, 2.75) is 31.7 Å². The van der Waals surface area contributed by atoms with E-state index in [1.54, 1.807) is 0 Å². The van der Waals surface area contributed by atoms with Gasteiger partial charge in [-0.1, -0.05) is 45.8 Å². The molecule has 3 rings (SSSR count). The molecule has 2 aromatic rings. The second kappa shape index (κ2) is 5.38. The molecule has 0 unspecified atom stereocenters. The molecule has 98 valence electrons. The van der Waals surface area contributed by atoms with Gasteiger partial charge in [-0.15, -0.1) is 0 Å². The van der Waals surface area contributed by atoms with Gasteiger partial charge in [0.1, 0.15) is 0 Å². The zero-order valence-electron chi connectivity index (χ0n) is 11.1. The number of anilines is 1. The number of rotatable bonds is 3. The summed E-state index contributed by atoms with van der Waals surface area (Å²) in [5.41, 5.74) is 4.08. The summed E-state index contributed by atoms with van der Waals surface area (Å²) in [4.78, 5) is 0. The molecule has 0 saturated heterocycles. The van der Waals surface area contributed by atoms with Crippen molar-refractivity contribution in [2.75, 3.05) is 5.32 Å². The highest BCUT2D eigenvalue weighted by Crippen LogP contribution is 2.38. The van der Waals surface area contributed by atoms with E-state index in [1.165, 1.54) is 29.7 Å². The maximum atomic E-state index is 3.60. The molecule has 0 atom stereocenters. The normalized spacial score (nSPS) is 21.8. The van der Waals surface area contributed by atoms with Crippen molar-refractivity contribution < 1.29 is 0 Å². The average Bonchev–Trinajstić information content (AvgIpc) is 2.35. The van der Waals surface area contributed by atoms with Crippen LogP contribution in [-0.4, -0.2) is 6.04 Å². The van der Waals surface area contributed by atoms with Crippen molar-refractivity contribution in [3.63, 3.8) is 0 Å². The Balaban J connectivity index is 1.57. The zero-order valence-corrected chi connectivity index (χ0v) is 12.7. The van der Waals surface area contributed by atoms with E-state index in [-0.39, 0.29) is 0 Å². The topological polar surface area (TPSA) is 12.0 Å². The van der Waals surface area contributed by atoms with Crippen LogP contribution in [-0.2, 0) is 0 Å².